The van der Waals surface area contributed by atoms with Gasteiger partial charge in [0.25, 0.3) is 5.91 Å². The molecule has 5 N–H and O–H groups in total. The van der Waals surface area contributed by atoms with E-state index >= 15 is 0 Å². The number of nitrogens with zero attached hydrogens (tertiary/aromatic N) is 8. The molecule has 5 heterocycles. The van der Waals surface area contributed by atoms with Crippen molar-refractivity contribution in [1.82, 2.24) is 55.7 Å². The molecular formula is C60H85ClN12O6. The Morgan fingerprint density at radius 1 is 0.747 bits per heavy atom. The minimum absolute atomic E-state index is 0.00377. The third-order valence-electron chi connectivity index (χ3n) is 18.2. The van der Waals surface area contributed by atoms with E-state index in [0.717, 1.165) is 138 Å². The third kappa shape index (κ3) is 14.8. The predicted octanol–water partition coefficient (Wildman–Crippen LogP) is 4.50. The molecular weight excluding hydrogens is 1020 g/mol. The summed E-state index contributed by atoms with van der Waals surface area (Å²) in [5, 5.41) is 24.3. The first-order valence-electron chi connectivity index (χ1n) is 29.9. The number of halogens is 1. The van der Waals surface area contributed by atoms with Crippen LogP contribution in [0.5, 0.6) is 0 Å². The zero-order valence-electron chi connectivity index (χ0n) is 46.5. The average Bonchev–Trinajstić information content (AvgIpc) is 4.35. The lowest BCUT2D eigenvalue weighted by molar-refractivity contribution is -0.137. The smallest absolute Gasteiger partial charge is 0.251 e. The topological polar surface area (TPSA) is 199 Å². The number of fused-ring (bicyclic) bond motifs is 1. The zero-order valence-corrected chi connectivity index (χ0v) is 47.2. The van der Waals surface area contributed by atoms with Crippen molar-refractivity contribution in [2.24, 2.45) is 11.8 Å². The number of aliphatic hydroxyl groups is 1. The van der Waals surface area contributed by atoms with E-state index < -0.39 is 18.1 Å². The largest absolute Gasteiger partial charge is 0.387 e. The first kappa shape index (κ1) is 57.0. The van der Waals surface area contributed by atoms with Crippen LogP contribution in [-0.2, 0) is 19.2 Å². The number of rotatable bonds is 20. The van der Waals surface area contributed by atoms with E-state index in [4.69, 9.17) is 11.6 Å². The van der Waals surface area contributed by atoms with Gasteiger partial charge in [-0.05, 0) is 124 Å². The number of aromatic nitrogens is 2. The predicted molar refractivity (Wildman–Crippen MR) is 305 cm³/mol. The van der Waals surface area contributed by atoms with E-state index in [2.05, 4.69) is 58.9 Å². The minimum atomic E-state index is -0.570. The van der Waals surface area contributed by atoms with Gasteiger partial charge in [0.2, 0.25) is 23.6 Å². The van der Waals surface area contributed by atoms with Crippen molar-refractivity contribution in [2.45, 2.75) is 120 Å². The summed E-state index contributed by atoms with van der Waals surface area (Å²) in [7, 11) is 0. The van der Waals surface area contributed by atoms with Gasteiger partial charge in [0, 0.05) is 120 Å². The summed E-state index contributed by atoms with van der Waals surface area (Å²) in [6, 6.07) is 15.3. The number of carbonyl (C=O) groups is 5. The second-order valence-electron chi connectivity index (χ2n) is 23.8. The Balaban J connectivity index is 0.629. The van der Waals surface area contributed by atoms with Crippen LogP contribution >= 0.6 is 11.6 Å². The van der Waals surface area contributed by atoms with Crippen LogP contribution in [-0.4, -0.2) is 199 Å². The van der Waals surface area contributed by atoms with E-state index in [-0.39, 0.29) is 47.3 Å². The van der Waals surface area contributed by atoms with Crippen LogP contribution in [0, 0.1) is 11.8 Å². The van der Waals surface area contributed by atoms with E-state index in [0.29, 0.717) is 108 Å². The molecule has 10 rings (SSSR count). The van der Waals surface area contributed by atoms with Crippen molar-refractivity contribution in [3.05, 3.63) is 87.8 Å². The lowest BCUT2D eigenvalue weighted by atomic mass is 9.83. The maximum Gasteiger partial charge on any atom is 0.251 e. The van der Waals surface area contributed by atoms with E-state index in [1.54, 1.807) is 0 Å². The van der Waals surface area contributed by atoms with Crippen molar-refractivity contribution >= 4 is 47.0 Å². The van der Waals surface area contributed by atoms with Gasteiger partial charge in [0.05, 0.1) is 30.8 Å². The number of piperidine rings is 2. The number of likely N-dealkylation sites (tertiary alicyclic amines) is 2. The number of aliphatic hydroxyl groups excluding tert-OH is 1. The van der Waals surface area contributed by atoms with Crippen LogP contribution in [0.1, 0.15) is 141 Å². The Bertz CT molecular complexity index is 2560. The van der Waals surface area contributed by atoms with Gasteiger partial charge in [-0.25, -0.2) is 9.97 Å². The highest BCUT2D eigenvalue weighted by Crippen LogP contribution is 2.43. The number of hydrogen-bond acceptors (Lipinski definition) is 13. The van der Waals surface area contributed by atoms with Crippen molar-refractivity contribution in [1.29, 1.82) is 0 Å². The normalized spacial score (nSPS) is 23.5. The zero-order chi connectivity index (χ0) is 54.8. The van der Waals surface area contributed by atoms with Crippen molar-refractivity contribution < 1.29 is 29.1 Å². The lowest BCUT2D eigenvalue weighted by Gasteiger charge is -2.40. The number of benzene rings is 2. The fourth-order valence-electron chi connectivity index (χ4n) is 13.3. The number of hydrogen-bond donors (Lipinski definition) is 5. The second kappa shape index (κ2) is 27.0. The molecule has 3 aromatic rings. The van der Waals surface area contributed by atoms with E-state index in [9.17, 15) is 29.1 Å². The van der Waals surface area contributed by atoms with Gasteiger partial charge >= 0.3 is 0 Å². The summed E-state index contributed by atoms with van der Waals surface area (Å²) in [6.07, 6.45) is 13.0. The molecule has 0 bridgehead atoms. The molecule has 5 amide bonds. The van der Waals surface area contributed by atoms with Crippen LogP contribution < -0.4 is 26.2 Å². The highest BCUT2D eigenvalue weighted by atomic mass is 35.5. The van der Waals surface area contributed by atoms with E-state index in [1.807, 2.05) is 57.2 Å². The summed E-state index contributed by atoms with van der Waals surface area (Å²) >= 11 is 6.25. The molecule has 2 aromatic carbocycles. The minimum Gasteiger partial charge on any atom is -0.387 e. The Labute approximate surface area is 472 Å². The number of carbonyl (C=O) groups excluding carboxylic acids is 5. The molecule has 2 saturated carbocycles. The van der Waals surface area contributed by atoms with Crippen molar-refractivity contribution in [3.8, 4) is 0 Å². The average molecular weight is 1110 g/mol. The molecule has 0 radical (unpaired) electrons. The van der Waals surface area contributed by atoms with Gasteiger partial charge in [-0.1, -0.05) is 62.1 Å². The number of nitrogens with one attached hydrogen (secondary N) is 4. The molecule has 2 unspecified atom stereocenters. The maximum atomic E-state index is 14.4. The molecule has 3 aliphatic carbocycles. The molecule has 4 aliphatic heterocycles. The van der Waals surface area contributed by atoms with Crippen LogP contribution in [0.4, 0.5) is 5.82 Å². The molecule has 4 saturated heterocycles. The molecule has 0 spiro atoms. The molecule has 19 heteroatoms. The Morgan fingerprint density at radius 3 is 2.23 bits per heavy atom. The van der Waals surface area contributed by atoms with Gasteiger partial charge < -0.3 is 46.0 Å². The summed E-state index contributed by atoms with van der Waals surface area (Å²) in [5.74, 6) is 1.46. The SMILES string of the molecule is C[C@@H]1CC(O)c2ncnc(N3CCN(C(=O)[C@H](CNCCNC(=O)CN4CCC(CN5CCN(C(=O)[C@H](NC(=O)c6cccc(C7CCCN(C(=O)CNC8CC8)C7)c6)C6CCCCC6)CC5)CC4)c4ccc(Cl)cc4)CC3)c21. The molecule has 5 atom stereocenters. The van der Waals surface area contributed by atoms with E-state index in [1.165, 1.54) is 6.33 Å². The maximum absolute atomic E-state index is 14.4. The van der Waals surface area contributed by atoms with Crippen LogP contribution in [0.3, 0.4) is 0 Å². The van der Waals surface area contributed by atoms with Crippen LogP contribution in [0.15, 0.2) is 54.9 Å². The molecule has 428 valence electrons. The lowest BCUT2D eigenvalue weighted by Crippen LogP contribution is -2.57. The standard InChI is InChI=1S/C60H85ClN12O6/c1-41-33-51(74)56-54(41)57(66-40-65-56)70-29-31-71(32-30-70)59(78)50(43-12-14-48(61)15-13-43)35-62-20-21-63-52(75)39-68-23-18-42(19-24-68)37-69-25-27-72(28-26-69)60(79)55(44-7-3-2-4-8-44)67-58(77)46-10-5-9-45(34-46)47-11-6-22-73(38-47)53(76)36-64-49-16-17-49/h5,9-10,12-15,34,40-42,44,47,49-51,55,62,64,74H,2-4,6-8,11,16-33,35-39H2,1H3,(H,63,75)(H,67,77)/t41-,47?,50-,51?,55-/m1/s1. The highest BCUT2D eigenvalue weighted by Gasteiger charge is 2.38. The molecule has 6 fully saturated rings. The van der Waals surface area contributed by atoms with Gasteiger partial charge in [-0.3, -0.25) is 33.8 Å². The van der Waals surface area contributed by atoms with Gasteiger partial charge in [-0.2, -0.15) is 0 Å². The van der Waals surface area contributed by atoms with Gasteiger partial charge in [0.1, 0.15) is 18.2 Å². The number of piperazine rings is 2. The third-order valence-corrected chi connectivity index (χ3v) is 18.4. The van der Waals surface area contributed by atoms with Crippen molar-refractivity contribution in [2.75, 3.05) is 123 Å². The Hall–Kier alpha value is -5.24. The summed E-state index contributed by atoms with van der Waals surface area (Å²) in [4.78, 5) is 90.6. The summed E-state index contributed by atoms with van der Waals surface area (Å²) in [5.41, 5.74) is 4.27. The van der Waals surface area contributed by atoms with Gasteiger partial charge in [0.15, 0.2) is 0 Å². The summed E-state index contributed by atoms with van der Waals surface area (Å²) < 4.78 is 0. The molecule has 7 aliphatic rings. The fraction of sp³-hybridized carbons (Fsp3) is 0.650. The first-order valence-corrected chi connectivity index (χ1v) is 30.3. The Morgan fingerprint density at radius 2 is 1.48 bits per heavy atom. The fourth-order valence-corrected chi connectivity index (χ4v) is 13.4. The highest BCUT2D eigenvalue weighted by molar-refractivity contribution is 6.30. The Kier molecular flexibility index (Phi) is 19.5. The monoisotopic (exact) mass is 1100 g/mol. The number of anilines is 1. The van der Waals surface area contributed by atoms with Crippen LogP contribution in [0.2, 0.25) is 5.02 Å². The molecule has 18 nitrogen and oxygen atoms in total. The van der Waals surface area contributed by atoms with Gasteiger partial charge in [-0.15, -0.1) is 0 Å². The summed E-state index contributed by atoms with van der Waals surface area (Å²) in [6.45, 7) is 13.6. The van der Waals surface area contributed by atoms with Crippen molar-refractivity contribution in [3.63, 3.8) is 0 Å². The first-order chi connectivity index (χ1) is 38.4. The second-order valence-corrected chi connectivity index (χ2v) is 24.2. The molecule has 79 heavy (non-hydrogen) atoms. The number of amides is 5. The molecule has 1 aromatic heterocycles. The quantitative estimate of drug-likeness (QED) is 0.0993. The van der Waals surface area contributed by atoms with Crippen LogP contribution in [0.25, 0.3) is 0 Å².